The van der Waals surface area contributed by atoms with Gasteiger partial charge in [0.05, 0.1) is 12.2 Å². The Morgan fingerprint density at radius 3 is 2.65 bits per heavy atom. The van der Waals surface area contributed by atoms with Gasteiger partial charge in [-0.1, -0.05) is 35.9 Å². The fourth-order valence-electron chi connectivity index (χ4n) is 1.79. The quantitative estimate of drug-likeness (QED) is 0.910. The maximum absolute atomic E-state index is 13.6. The van der Waals surface area contributed by atoms with E-state index in [0.717, 1.165) is 17.2 Å². The largest absolute Gasteiger partial charge is 0.392 e. The third-order valence-corrected chi connectivity index (χ3v) is 3.04. The summed E-state index contributed by atoms with van der Waals surface area (Å²) < 4.78 is 13.6. The van der Waals surface area contributed by atoms with Crippen LogP contribution in [0.1, 0.15) is 21.5 Å². The van der Waals surface area contributed by atoms with Crippen LogP contribution in [-0.2, 0) is 13.2 Å². The fourth-order valence-corrected chi connectivity index (χ4v) is 1.95. The van der Waals surface area contributed by atoms with Crippen molar-refractivity contribution in [2.24, 2.45) is 0 Å². The second-order valence-corrected chi connectivity index (χ2v) is 4.72. The maximum atomic E-state index is 13.6. The van der Waals surface area contributed by atoms with E-state index in [0.29, 0.717) is 0 Å². The Kier molecular flexibility index (Phi) is 4.71. The highest BCUT2D eigenvalue weighted by Gasteiger charge is 2.11. The van der Waals surface area contributed by atoms with Crippen LogP contribution < -0.4 is 5.32 Å². The summed E-state index contributed by atoms with van der Waals surface area (Å²) in [5.41, 5.74) is 1.54. The van der Waals surface area contributed by atoms with Gasteiger partial charge in [0, 0.05) is 11.6 Å². The second-order valence-electron chi connectivity index (χ2n) is 4.28. The lowest BCUT2D eigenvalue weighted by Crippen LogP contribution is -2.23. The number of amides is 1. The molecule has 1 amide bonds. The monoisotopic (exact) mass is 293 g/mol. The van der Waals surface area contributed by atoms with Crippen LogP contribution in [0.25, 0.3) is 0 Å². The first-order valence-electron chi connectivity index (χ1n) is 6.02. The Balaban J connectivity index is 2.04. The summed E-state index contributed by atoms with van der Waals surface area (Å²) in [6.07, 6.45) is 0. The van der Waals surface area contributed by atoms with Gasteiger partial charge in [0.1, 0.15) is 5.82 Å². The number of hydrogen-bond acceptors (Lipinski definition) is 2. The van der Waals surface area contributed by atoms with Gasteiger partial charge >= 0.3 is 0 Å². The minimum atomic E-state index is -0.654. The number of carbonyl (C=O) groups excluding carboxylic acids is 1. The van der Waals surface area contributed by atoms with E-state index in [-0.39, 0.29) is 23.7 Å². The van der Waals surface area contributed by atoms with Gasteiger partial charge in [-0.3, -0.25) is 4.79 Å². The summed E-state index contributed by atoms with van der Waals surface area (Å²) in [6.45, 7) is 0.197. The molecule has 3 nitrogen and oxygen atoms in total. The van der Waals surface area contributed by atoms with E-state index in [9.17, 15) is 9.18 Å². The van der Waals surface area contributed by atoms with E-state index in [1.165, 1.54) is 12.1 Å². The molecule has 0 aliphatic carbocycles. The van der Waals surface area contributed by atoms with Crippen molar-refractivity contribution in [1.82, 2.24) is 5.32 Å². The van der Waals surface area contributed by atoms with Crippen LogP contribution in [0.15, 0.2) is 42.5 Å². The van der Waals surface area contributed by atoms with Crippen LogP contribution in [0.4, 0.5) is 4.39 Å². The summed E-state index contributed by atoms with van der Waals surface area (Å²) in [6, 6.07) is 11.1. The molecule has 0 saturated carbocycles. The van der Waals surface area contributed by atoms with Gasteiger partial charge in [-0.05, 0) is 29.3 Å². The smallest absolute Gasteiger partial charge is 0.254 e. The minimum Gasteiger partial charge on any atom is -0.392 e. The van der Waals surface area contributed by atoms with Gasteiger partial charge in [0.25, 0.3) is 5.91 Å². The molecular weight excluding hydrogens is 281 g/mol. The number of aliphatic hydroxyl groups is 1. The number of carbonyl (C=O) groups is 1. The summed E-state index contributed by atoms with van der Waals surface area (Å²) in [5.74, 6) is -1.16. The molecule has 2 aromatic rings. The predicted molar refractivity (Wildman–Crippen MR) is 74.9 cm³/mol. The van der Waals surface area contributed by atoms with Crippen LogP contribution in [0.3, 0.4) is 0 Å². The highest BCUT2D eigenvalue weighted by Crippen LogP contribution is 2.14. The van der Waals surface area contributed by atoms with E-state index < -0.39 is 11.7 Å². The lowest BCUT2D eigenvalue weighted by Gasteiger charge is -2.07. The van der Waals surface area contributed by atoms with E-state index >= 15 is 0 Å². The maximum Gasteiger partial charge on any atom is 0.254 e. The molecule has 0 heterocycles. The molecule has 0 atom stereocenters. The van der Waals surface area contributed by atoms with E-state index in [2.05, 4.69) is 5.32 Å². The topological polar surface area (TPSA) is 49.3 Å². The van der Waals surface area contributed by atoms with Crippen molar-refractivity contribution < 1.29 is 14.3 Å². The molecule has 0 saturated heterocycles. The summed E-state index contributed by atoms with van der Waals surface area (Å²) in [5, 5.41) is 11.9. The molecule has 0 unspecified atom stereocenters. The van der Waals surface area contributed by atoms with Crippen LogP contribution >= 0.6 is 11.6 Å². The van der Waals surface area contributed by atoms with Crippen LogP contribution in [0.5, 0.6) is 0 Å². The molecule has 0 spiro atoms. The lowest BCUT2D eigenvalue weighted by molar-refractivity contribution is 0.0947. The molecule has 2 aromatic carbocycles. The molecule has 2 N–H and O–H groups in total. The Hall–Kier alpha value is -1.91. The van der Waals surface area contributed by atoms with E-state index in [1.807, 2.05) is 6.07 Å². The zero-order valence-electron chi connectivity index (χ0n) is 10.6. The summed E-state index contributed by atoms with van der Waals surface area (Å²) in [4.78, 5) is 11.9. The van der Waals surface area contributed by atoms with E-state index in [1.54, 1.807) is 18.2 Å². The molecule has 0 fully saturated rings. The molecule has 0 aromatic heterocycles. The Morgan fingerprint density at radius 1 is 1.20 bits per heavy atom. The van der Waals surface area contributed by atoms with Gasteiger partial charge < -0.3 is 10.4 Å². The molecular formula is C15H13ClFNO2. The SMILES string of the molecule is O=C(NCc1cccc(CO)c1)c1ccc(Cl)cc1F. The van der Waals surface area contributed by atoms with Gasteiger partial charge in [-0.25, -0.2) is 4.39 Å². The van der Waals surface area contributed by atoms with Crippen molar-refractivity contribution in [3.8, 4) is 0 Å². The number of halogens is 2. The van der Waals surface area contributed by atoms with E-state index in [4.69, 9.17) is 16.7 Å². The van der Waals surface area contributed by atoms with Gasteiger partial charge in [0.15, 0.2) is 0 Å². The van der Waals surface area contributed by atoms with Gasteiger partial charge in [-0.2, -0.15) is 0 Å². The first-order chi connectivity index (χ1) is 9.60. The van der Waals surface area contributed by atoms with Gasteiger partial charge in [-0.15, -0.1) is 0 Å². The number of hydrogen-bond donors (Lipinski definition) is 2. The standard InChI is InChI=1S/C15H13ClFNO2/c16-12-4-5-13(14(17)7-12)15(20)18-8-10-2-1-3-11(6-10)9-19/h1-7,19H,8-9H2,(H,18,20). The van der Waals surface area contributed by atoms with Crippen molar-refractivity contribution in [3.63, 3.8) is 0 Å². The van der Waals surface area contributed by atoms with Crippen molar-refractivity contribution in [1.29, 1.82) is 0 Å². The molecule has 2 rings (SSSR count). The highest BCUT2D eigenvalue weighted by molar-refractivity contribution is 6.30. The average molecular weight is 294 g/mol. The first kappa shape index (κ1) is 14.5. The zero-order valence-corrected chi connectivity index (χ0v) is 11.3. The van der Waals surface area contributed by atoms with Crippen LogP contribution in [0.2, 0.25) is 5.02 Å². The normalized spacial score (nSPS) is 10.3. The average Bonchev–Trinajstić information content (AvgIpc) is 2.45. The molecule has 20 heavy (non-hydrogen) atoms. The highest BCUT2D eigenvalue weighted by atomic mass is 35.5. The zero-order chi connectivity index (χ0) is 14.5. The number of rotatable bonds is 4. The third kappa shape index (κ3) is 3.56. The molecule has 0 bridgehead atoms. The predicted octanol–water partition coefficient (Wildman–Crippen LogP) is 2.90. The summed E-state index contributed by atoms with van der Waals surface area (Å²) in [7, 11) is 0. The van der Waals surface area contributed by atoms with Crippen molar-refractivity contribution in [2.75, 3.05) is 0 Å². The Bertz CT molecular complexity index is 631. The Labute approximate surface area is 121 Å². The molecule has 0 aliphatic rings. The lowest BCUT2D eigenvalue weighted by atomic mass is 10.1. The minimum absolute atomic E-state index is 0.0484. The van der Waals surface area contributed by atoms with Crippen LogP contribution in [-0.4, -0.2) is 11.0 Å². The first-order valence-corrected chi connectivity index (χ1v) is 6.40. The number of aliphatic hydroxyl groups excluding tert-OH is 1. The van der Waals surface area contributed by atoms with Crippen molar-refractivity contribution in [2.45, 2.75) is 13.2 Å². The number of nitrogens with one attached hydrogen (secondary N) is 1. The molecule has 0 aliphatic heterocycles. The molecule has 5 heteroatoms. The van der Waals surface area contributed by atoms with Crippen molar-refractivity contribution in [3.05, 3.63) is 70.0 Å². The van der Waals surface area contributed by atoms with Crippen molar-refractivity contribution >= 4 is 17.5 Å². The second kappa shape index (κ2) is 6.50. The molecule has 104 valence electrons. The molecule has 0 radical (unpaired) electrons. The third-order valence-electron chi connectivity index (χ3n) is 2.80. The van der Waals surface area contributed by atoms with Gasteiger partial charge in [0.2, 0.25) is 0 Å². The summed E-state index contributed by atoms with van der Waals surface area (Å²) >= 11 is 5.63. The van der Waals surface area contributed by atoms with Crippen LogP contribution in [0, 0.1) is 5.82 Å². The number of benzene rings is 2. The Morgan fingerprint density at radius 2 is 1.95 bits per heavy atom. The fraction of sp³-hybridized carbons (Fsp3) is 0.133.